The number of carbonyl (C=O) groups excluding carboxylic acids is 2. The largest absolute Gasteiger partial charge is 0.487 e. The smallest absolute Gasteiger partial charge is 0.325 e. The number of hydrogen-bond acceptors (Lipinski definition) is 6. The highest BCUT2D eigenvalue weighted by atomic mass is 19.1. The third-order valence-electron chi connectivity index (χ3n) is 5.20. The van der Waals surface area contributed by atoms with E-state index in [9.17, 15) is 19.1 Å². The van der Waals surface area contributed by atoms with Gasteiger partial charge in [0.05, 0.1) is 18.8 Å². The zero-order valence-corrected chi connectivity index (χ0v) is 16.5. The third kappa shape index (κ3) is 3.55. The number of halogens is 1. The normalized spacial score (nSPS) is 18.9. The standard InChI is InChI=1S/C22H21FN2O5/c1-11(26)19(22(28)29-2)24-9-12-3-5-15-13(7-12)10-30-20(15)18-16-8-14(23)4-6-17(16)25-21(18)27/h3-8,11,19,24,26H,9-10H2,1-2H3,(H,25,27)/t11-,19?/m1/s1. The van der Waals surface area contributed by atoms with E-state index in [0.29, 0.717) is 29.1 Å². The van der Waals surface area contributed by atoms with Crippen molar-refractivity contribution in [1.29, 1.82) is 0 Å². The summed E-state index contributed by atoms with van der Waals surface area (Å²) in [6.45, 7) is 2.12. The average Bonchev–Trinajstić information content (AvgIpc) is 3.26. The van der Waals surface area contributed by atoms with Crippen LogP contribution in [0.2, 0.25) is 0 Å². The van der Waals surface area contributed by atoms with Crippen molar-refractivity contribution in [2.75, 3.05) is 12.4 Å². The molecule has 2 heterocycles. The summed E-state index contributed by atoms with van der Waals surface area (Å²) in [5.41, 5.74) is 3.86. The summed E-state index contributed by atoms with van der Waals surface area (Å²) in [6.07, 6.45) is -0.909. The fourth-order valence-electron chi connectivity index (χ4n) is 3.70. The van der Waals surface area contributed by atoms with E-state index in [4.69, 9.17) is 9.47 Å². The van der Waals surface area contributed by atoms with Crippen LogP contribution in [0.3, 0.4) is 0 Å². The van der Waals surface area contributed by atoms with Crippen molar-refractivity contribution in [3.63, 3.8) is 0 Å². The number of hydrogen-bond donors (Lipinski definition) is 3. The predicted octanol–water partition coefficient (Wildman–Crippen LogP) is 2.19. The zero-order chi connectivity index (χ0) is 21.4. The van der Waals surface area contributed by atoms with Gasteiger partial charge in [-0.3, -0.25) is 14.9 Å². The summed E-state index contributed by atoms with van der Waals surface area (Å²) in [7, 11) is 1.27. The van der Waals surface area contributed by atoms with Crippen molar-refractivity contribution < 1.29 is 28.6 Å². The van der Waals surface area contributed by atoms with Crippen LogP contribution < -0.4 is 10.6 Å². The molecule has 0 aliphatic carbocycles. The molecule has 2 aliphatic heterocycles. The van der Waals surface area contributed by atoms with Gasteiger partial charge in [0.25, 0.3) is 5.91 Å². The molecule has 0 aromatic heterocycles. The van der Waals surface area contributed by atoms with E-state index in [0.717, 1.165) is 16.7 Å². The fourth-order valence-corrected chi connectivity index (χ4v) is 3.70. The van der Waals surface area contributed by atoms with Gasteiger partial charge in [-0.15, -0.1) is 0 Å². The molecule has 2 aromatic rings. The number of ether oxygens (including phenoxy) is 2. The minimum atomic E-state index is -0.909. The number of carbonyl (C=O) groups is 2. The Morgan fingerprint density at radius 3 is 2.83 bits per heavy atom. The van der Waals surface area contributed by atoms with Gasteiger partial charge in [-0.25, -0.2) is 4.39 Å². The molecule has 3 N–H and O–H groups in total. The first-order valence-corrected chi connectivity index (χ1v) is 9.49. The number of anilines is 1. The maximum Gasteiger partial charge on any atom is 0.325 e. The quantitative estimate of drug-likeness (QED) is 0.515. The number of esters is 1. The van der Waals surface area contributed by atoms with Gasteiger partial charge in [0.15, 0.2) is 0 Å². The SMILES string of the molecule is COC(=O)C(NCc1ccc2c(c1)COC2=C1C(=O)Nc2ccc(F)cc21)[C@@H](C)O. The second kappa shape index (κ2) is 7.89. The van der Waals surface area contributed by atoms with E-state index in [2.05, 4.69) is 10.6 Å². The molecule has 0 saturated heterocycles. The Morgan fingerprint density at radius 2 is 2.10 bits per heavy atom. The van der Waals surface area contributed by atoms with E-state index in [1.807, 2.05) is 18.2 Å². The number of rotatable bonds is 5. The van der Waals surface area contributed by atoms with Crippen molar-refractivity contribution in [1.82, 2.24) is 5.32 Å². The summed E-state index contributed by atoms with van der Waals surface area (Å²) in [4.78, 5) is 24.3. The topological polar surface area (TPSA) is 96.9 Å². The van der Waals surface area contributed by atoms with Crippen LogP contribution >= 0.6 is 0 Å². The molecule has 30 heavy (non-hydrogen) atoms. The number of methoxy groups -OCH3 is 1. The Bertz CT molecular complexity index is 1060. The number of aliphatic hydroxyl groups excluding tert-OH is 1. The van der Waals surface area contributed by atoms with Crippen LogP contribution in [0.25, 0.3) is 11.3 Å². The van der Waals surface area contributed by atoms with Crippen molar-refractivity contribution in [2.24, 2.45) is 0 Å². The number of amides is 1. The maximum atomic E-state index is 13.7. The minimum absolute atomic E-state index is 0.275. The second-order valence-corrected chi connectivity index (χ2v) is 7.25. The van der Waals surface area contributed by atoms with Gasteiger partial charge >= 0.3 is 5.97 Å². The first kappa shape index (κ1) is 20.1. The van der Waals surface area contributed by atoms with Crippen molar-refractivity contribution in [3.8, 4) is 0 Å². The van der Waals surface area contributed by atoms with Crippen LogP contribution in [0.15, 0.2) is 36.4 Å². The summed E-state index contributed by atoms with van der Waals surface area (Å²) in [5, 5.41) is 15.5. The van der Waals surface area contributed by atoms with Gasteiger partial charge in [-0.1, -0.05) is 18.2 Å². The lowest BCUT2D eigenvalue weighted by atomic mass is 9.99. The average molecular weight is 412 g/mol. The van der Waals surface area contributed by atoms with Gasteiger partial charge in [0, 0.05) is 28.9 Å². The van der Waals surface area contributed by atoms with E-state index in [1.165, 1.54) is 32.2 Å². The molecular formula is C22H21FN2O5. The van der Waals surface area contributed by atoms with Crippen LogP contribution in [0.4, 0.5) is 10.1 Å². The molecule has 8 heteroatoms. The maximum absolute atomic E-state index is 13.7. The van der Waals surface area contributed by atoms with Gasteiger partial charge in [0.2, 0.25) is 0 Å². The van der Waals surface area contributed by atoms with Crippen LogP contribution in [0.5, 0.6) is 0 Å². The lowest BCUT2D eigenvalue weighted by Crippen LogP contribution is -2.45. The summed E-state index contributed by atoms with van der Waals surface area (Å²) in [5.74, 6) is -0.884. The molecule has 0 spiro atoms. The van der Waals surface area contributed by atoms with E-state index < -0.39 is 23.9 Å². The van der Waals surface area contributed by atoms with Crippen molar-refractivity contribution >= 4 is 28.9 Å². The monoisotopic (exact) mass is 412 g/mol. The van der Waals surface area contributed by atoms with Crippen LogP contribution in [0, 0.1) is 5.82 Å². The van der Waals surface area contributed by atoms with Crippen LogP contribution in [-0.2, 0) is 32.2 Å². The molecule has 2 aliphatic rings. The van der Waals surface area contributed by atoms with Crippen molar-refractivity contribution in [3.05, 3.63) is 64.5 Å². The number of fused-ring (bicyclic) bond motifs is 2. The first-order valence-electron chi connectivity index (χ1n) is 9.49. The van der Waals surface area contributed by atoms with Crippen LogP contribution in [0.1, 0.15) is 29.2 Å². The van der Waals surface area contributed by atoms with E-state index in [1.54, 1.807) is 0 Å². The number of benzene rings is 2. The van der Waals surface area contributed by atoms with Gasteiger partial charge in [-0.2, -0.15) is 0 Å². The molecule has 2 atom stereocenters. The van der Waals surface area contributed by atoms with Crippen LogP contribution in [-0.4, -0.2) is 36.2 Å². The minimum Gasteiger partial charge on any atom is -0.487 e. The molecule has 1 amide bonds. The molecule has 7 nitrogen and oxygen atoms in total. The molecule has 0 bridgehead atoms. The molecule has 156 valence electrons. The predicted molar refractivity (Wildman–Crippen MR) is 107 cm³/mol. The summed E-state index contributed by atoms with van der Waals surface area (Å²) >= 11 is 0. The van der Waals surface area contributed by atoms with Gasteiger partial charge < -0.3 is 19.9 Å². The molecule has 1 unspecified atom stereocenters. The lowest BCUT2D eigenvalue weighted by molar-refractivity contribution is -0.145. The molecule has 4 rings (SSSR count). The summed E-state index contributed by atoms with van der Waals surface area (Å²) in [6, 6.07) is 8.89. The first-order chi connectivity index (χ1) is 14.4. The van der Waals surface area contributed by atoms with E-state index >= 15 is 0 Å². The Morgan fingerprint density at radius 1 is 1.30 bits per heavy atom. The third-order valence-corrected chi connectivity index (χ3v) is 5.20. The number of nitrogens with one attached hydrogen (secondary N) is 2. The molecule has 0 radical (unpaired) electrons. The highest BCUT2D eigenvalue weighted by Gasteiger charge is 2.33. The molecular weight excluding hydrogens is 391 g/mol. The fraction of sp³-hybridized carbons (Fsp3) is 0.273. The highest BCUT2D eigenvalue weighted by molar-refractivity contribution is 6.36. The molecule has 0 fully saturated rings. The van der Waals surface area contributed by atoms with Gasteiger partial charge in [0.1, 0.15) is 24.2 Å². The van der Waals surface area contributed by atoms with E-state index in [-0.39, 0.29) is 12.5 Å². The van der Waals surface area contributed by atoms with Crippen molar-refractivity contribution in [2.45, 2.75) is 32.2 Å². The second-order valence-electron chi connectivity index (χ2n) is 7.25. The summed E-state index contributed by atoms with van der Waals surface area (Å²) < 4.78 is 24.2. The highest BCUT2D eigenvalue weighted by Crippen LogP contribution is 2.41. The lowest BCUT2D eigenvalue weighted by Gasteiger charge is -2.19. The molecule has 0 saturated carbocycles. The number of aliphatic hydroxyl groups is 1. The zero-order valence-electron chi connectivity index (χ0n) is 16.5. The Kier molecular flexibility index (Phi) is 5.27. The Labute approximate surface area is 172 Å². The van der Waals surface area contributed by atoms with Gasteiger partial charge in [-0.05, 0) is 30.7 Å². The Hall–Kier alpha value is -3.23. The molecule has 2 aromatic carbocycles. The Balaban J connectivity index is 1.61.